The topological polar surface area (TPSA) is 70.5 Å². The Morgan fingerprint density at radius 2 is 0.861 bits per heavy atom. The lowest BCUT2D eigenvalue weighted by Gasteiger charge is -2.21. The van der Waals surface area contributed by atoms with Gasteiger partial charge in [0.25, 0.3) is 0 Å². The Hall–Kier alpha value is -3.92. The molecular weight excluding hydrogens is 444 g/mol. The lowest BCUT2D eigenvalue weighted by Crippen LogP contribution is -2.02. The van der Waals surface area contributed by atoms with Crippen LogP contribution in [0.25, 0.3) is 0 Å². The van der Waals surface area contributed by atoms with E-state index in [-0.39, 0.29) is 5.92 Å². The average molecular weight is 481 g/mol. The molecular formula is C32H36N2O2. The van der Waals surface area contributed by atoms with E-state index < -0.39 is 0 Å². The molecule has 4 nitrogen and oxygen atoms in total. The van der Waals surface area contributed by atoms with Crippen molar-refractivity contribution < 1.29 is 9.47 Å². The zero-order valence-electron chi connectivity index (χ0n) is 21.8. The van der Waals surface area contributed by atoms with Gasteiger partial charge in [-0.3, -0.25) is 0 Å². The largest absolute Gasteiger partial charge is 0.457 e. The van der Waals surface area contributed by atoms with Crippen LogP contribution in [0.5, 0.6) is 23.0 Å². The van der Waals surface area contributed by atoms with E-state index in [2.05, 4.69) is 71.0 Å². The highest BCUT2D eigenvalue weighted by Gasteiger charge is 2.17. The summed E-state index contributed by atoms with van der Waals surface area (Å²) in [6.45, 7) is 11.0. The normalized spacial score (nSPS) is 11.3. The third-order valence-electron chi connectivity index (χ3n) is 6.53. The van der Waals surface area contributed by atoms with Crippen molar-refractivity contribution >= 4 is 11.4 Å². The Morgan fingerprint density at radius 1 is 0.500 bits per heavy atom. The Bertz CT molecular complexity index is 1210. The van der Waals surface area contributed by atoms with Gasteiger partial charge in [-0.25, -0.2) is 0 Å². The molecule has 186 valence electrons. The standard InChI is InChI=1S/C32H36N2O2/c1-20(2)29-18-23(6-16-31(29)35-27-12-8-25(33)9-13-27)22(5)24-7-17-32(30(19-24)21(3)4)36-28-14-10-26(34)11-15-28/h6-22H,33-34H2,1-5H3. The van der Waals surface area contributed by atoms with Gasteiger partial charge in [0, 0.05) is 17.3 Å². The van der Waals surface area contributed by atoms with Gasteiger partial charge < -0.3 is 20.9 Å². The van der Waals surface area contributed by atoms with Crippen molar-refractivity contribution in [3.63, 3.8) is 0 Å². The van der Waals surface area contributed by atoms with Gasteiger partial charge in [0.15, 0.2) is 0 Å². The molecule has 0 radical (unpaired) electrons. The highest BCUT2D eigenvalue weighted by atomic mass is 16.5. The average Bonchev–Trinajstić information content (AvgIpc) is 2.86. The summed E-state index contributed by atoms with van der Waals surface area (Å²) in [6, 6.07) is 28.1. The predicted octanol–water partition coefficient (Wildman–Crippen LogP) is 8.83. The molecule has 0 saturated carbocycles. The van der Waals surface area contributed by atoms with Crippen LogP contribution in [-0.4, -0.2) is 0 Å². The van der Waals surface area contributed by atoms with Crippen molar-refractivity contribution in [2.75, 3.05) is 11.5 Å². The van der Waals surface area contributed by atoms with E-state index in [9.17, 15) is 0 Å². The van der Waals surface area contributed by atoms with Crippen LogP contribution in [0.2, 0.25) is 0 Å². The summed E-state index contributed by atoms with van der Waals surface area (Å²) in [5, 5.41) is 0. The first-order chi connectivity index (χ1) is 17.2. The van der Waals surface area contributed by atoms with Crippen LogP contribution >= 0.6 is 0 Å². The van der Waals surface area contributed by atoms with Crippen LogP contribution in [0.1, 0.15) is 74.6 Å². The molecule has 0 heterocycles. The fourth-order valence-corrected chi connectivity index (χ4v) is 4.28. The van der Waals surface area contributed by atoms with Crippen molar-refractivity contribution in [1.82, 2.24) is 0 Å². The third-order valence-corrected chi connectivity index (χ3v) is 6.53. The molecule has 4 aromatic rings. The van der Waals surface area contributed by atoms with E-state index in [4.69, 9.17) is 20.9 Å². The molecule has 0 aromatic heterocycles. The van der Waals surface area contributed by atoms with Crippen molar-refractivity contribution in [2.24, 2.45) is 0 Å². The van der Waals surface area contributed by atoms with Crippen molar-refractivity contribution in [1.29, 1.82) is 0 Å². The number of nitrogen functional groups attached to an aromatic ring is 2. The molecule has 36 heavy (non-hydrogen) atoms. The maximum Gasteiger partial charge on any atom is 0.130 e. The summed E-state index contributed by atoms with van der Waals surface area (Å²) >= 11 is 0. The van der Waals surface area contributed by atoms with Gasteiger partial charge in [0.1, 0.15) is 23.0 Å². The molecule has 0 atom stereocenters. The highest BCUT2D eigenvalue weighted by molar-refractivity contribution is 5.50. The minimum absolute atomic E-state index is 0.219. The lowest BCUT2D eigenvalue weighted by atomic mass is 9.87. The van der Waals surface area contributed by atoms with Crippen LogP contribution in [0.3, 0.4) is 0 Å². The van der Waals surface area contributed by atoms with Gasteiger partial charge in [-0.05, 0) is 94.8 Å². The van der Waals surface area contributed by atoms with E-state index in [1.165, 1.54) is 22.3 Å². The molecule has 0 bridgehead atoms. The second kappa shape index (κ2) is 10.8. The first kappa shape index (κ1) is 25.2. The molecule has 0 spiro atoms. The lowest BCUT2D eigenvalue weighted by molar-refractivity contribution is 0.472. The summed E-state index contributed by atoms with van der Waals surface area (Å²) in [5.74, 6) is 4.18. The minimum atomic E-state index is 0.219. The Kier molecular flexibility index (Phi) is 7.54. The van der Waals surface area contributed by atoms with Crippen molar-refractivity contribution in [3.05, 3.63) is 107 Å². The van der Waals surface area contributed by atoms with Gasteiger partial charge in [0.2, 0.25) is 0 Å². The van der Waals surface area contributed by atoms with Gasteiger partial charge >= 0.3 is 0 Å². The number of hydrogen-bond donors (Lipinski definition) is 2. The summed E-state index contributed by atoms with van der Waals surface area (Å²) in [6.07, 6.45) is 0. The SMILES string of the molecule is CC(C)c1cc(C(C)c2ccc(Oc3ccc(N)cc3)c(C(C)C)c2)ccc1Oc1ccc(N)cc1. The molecule has 0 aliphatic heterocycles. The van der Waals surface area contributed by atoms with E-state index in [1.54, 1.807) is 0 Å². The monoisotopic (exact) mass is 480 g/mol. The van der Waals surface area contributed by atoms with E-state index >= 15 is 0 Å². The van der Waals surface area contributed by atoms with Crippen LogP contribution in [0.15, 0.2) is 84.9 Å². The number of hydrogen-bond acceptors (Lipinski definition) is 4. The van der Waals surface area contributed by atoms with E-state index in [1.807, 2.05) is 48.5 Å². The summed E-state index contributed by atoms with van der Waals surface area (Å²) in [4.78, 5) is 0. The third kappa shape index (κ3) is 5.83. The summed E-state index contributed by atoms with van der Waals surface area (Å²) < 4.78 is 12.4. The fraction of sp³-hybridized carbons (Fsp3) is 0.250. The molecule has 4 N–H and O–H groups in total. The smallest absolute Gasteiger partial charge is 0.130 e. The van der Waals surface area contributed by atoms with Crippen LogP contribution < -0.4 is 20.9 Å². The van der Waals surface area contributed by atoms with E-state index in [0.29, 0.717) is 11.8 Å². The molecule has 0 fully saturated rings. The minimum Gasteiger partial charge on any atom is -0.457 e. The summed E-state index contributed by atoms with van der Waals surface area (Å²) in [7, 11) is 0. The molecule has 4 heteroatoms. The van der Waals surface area contributed by atoms with Gasteiger partial charge in [-0.15, -0.1) is 0 Å². The van der Waals surface area contributed by atoms with Crippen LogP contribution in [0.4, 0.5) is 11.4 Å². The molecule has 0 amide bonds. The molecule has 0 aliphatic carbocycles. The second-order valence-corrected chi connectivity index (χ2v) is 9.97. The fourth-order valence-electron chi connectivity index (χ4n) is 4.28. The quantitative estimate of drug-likeness (QED) is 0.247. The van der Waals surface area contributed by atoms with Crippen LogP contribution in [0, 0.1) is 0 Å². The molecule has 4 rings (SSSR count). The van der Waals surface area contributed by atoms with E-state index in [0.717, 1.165) is 34.4 Å². The maximum atomic E-state index is 6.22. The van der Waals surface area contributed by atoms with Gasteiger partial charge in [-0.1, -0.05) is 58.9 Å². The second-order valence-electron chi connectivity index (χ2n) is 9.97. The number of benzene rings is 4. The summed E-state index contributed by atoms with van der Waals surface area (Å²) in [5.41, 5.74) is 18.0. The number of rotatable bonds is 8. The number of nitrogens with two attached hydrogens (primary N) is 2. The Morgan fingerprint density at radius 3 is 1.19 bits per heavy atom. The van der Waals surface area contributed by atoms with Gasteiger partial charge in [0.05, 0.1) is 0 Å². The van der Waals surface area contributed by atoms with Crippen LogP contribution in [-0.2, 0) is 0 Å². The first-order valence-electron chi connectivity index (χ1n) is 12.6. The molecule has 0 saturated heterocycles. The predicted molar refractivity (Wildman–Crippen MR) is 150 cm³/mol. The van der Waals surface area contributed by atoms with Crippen molar-refractivity contribution in [2.45, 2.75) is 52.4 Å². The number of ether oxygens (including phenoxy) is 2. The first-order valence-corrected chi connectivity index (χ1v) is 12.6. The molecule has 4 aromatic carbocycles. The molecule has 0 aliphatic rings. The maximum absolute atomic E-state index is 6.22. The Balaban J connectivity index is 1.62. The Labute approximate surface area is 214 Å². The number of anilines is 2. The molecule has 0 unspecified atom stereocenters. The zero-order chi connectivity index (χ0) is 25.8. The van der Waals surface area contributed by atoms with Crippen molar-refractivity contribution in [3.8, 4) is 23.0 Å². The zero-order valence-corrected chi connectivity index (χ0v) is 21.8. The highest BCUT2D eigenvalue weighted by Crippen LogP contribution is 2.38. The van der Waals surface area contributed by atoms with Gasteiger partial charge in [-0.2, -0.15) is 0 Å².